The minimum absolute atomic E-state index is 0.0336. The fraction of sp³-hybridized carbons (Fsp3) is 0.400. The lowest BCUT2D eigenvalue weighted by molar-refractivity contribution is -0.117. The van der Waals surface area contributed by atoms with Crippen LogP contribution < -0.4 is 14.4 Å². The Morgan fingerprint density at radius 2 is 2.11 bits per heavy atom. The van der Waals surface area contributed by atoms with E-state index in [0.717, 1.165) is 29.2 Å². The average Bonchev–Trinajstić information content (AvgIpc) is 3.09. The van der Waals surface area contributed by atoms with Crippen molar-refractivity contribution in [1.29, 1.82) is 0 Å². The van der Waals surface area contributed by atoms with Crippen LogP contribution in [0.4, 0.5) is 5.13 Å². The molecule has 0 atom stereocenters. The van der Waals surface area contributed by atoms with Crippen LogP contribution in [-0.2, 0) is 24.1 Å². The van der Waals surface area contributed by atoms with Gasteiger partial charge in [-0.05, 0) is 43.4 Å². The summed E-state index contributed by atoms with van der Waals surface area (Å²) in [6, 6.07) is 3.60. The number of thiazole rings is 1. The number of fused-ring (bicyclic) bond motifs is 2. The molecule has 1 amide bonds. The van der Waals surface area contributed by atoms with Crippen LogP contribution in [0.3, 0.4) is 0 Å². The number of halogens is 1. The van der Waals surface area contributed by atoms with Gasteiger partial charge in [0.05, 0.1) is 17.1 Å². The topological polar surface area (TPSA) is 51.7 Å². The predicted octanol–water partition coefficient (Wildman–Crippen LogP) is 4.21. The Balaban J connectivity index is 1.57. The van der Waals surface area contributed by atoms with Gasteiger partial charge >= 0.3 is 0 Å². The molecular formula is C20H21ClN2O3S. The van der Waals surface area contributed by atoms with Gasteiger partial charge in [0.1, 0.15) is 13.2 Å². The highest BCUT2D eigenvalue weighted by molar-refractivity contribution is 7.16. The third kappa shape index (κ3) is 3.82. The van der Waals surface area contributed by atoms with Crippen molar-refractivity contribution in [1.82, 2.24) is 4.98 Å². The molecule has 5 nitrogen and oxygen atoms in total. The largest absolute Gasteiger partial charge is 0.486 e. The summed E-state index contributed by atoms with van der Waals surface area (Å²) in [7, 11) is 0. The van der Waals surface area contributed by atoms with Gasteiger partial charge in [0.2, 0.25) is 5.91 Å². The molecule has 0 bridgehead atoms. The summed E-state index contributed by atoms with van der Waals surface area (Å²) in [5.74, 6) is 1.11. The van der Waals surface area contributed by atoms with Gasteiger partial charge in [-0.2, -0.15) is 0 Å². The smallest absolute Gasteiger partial charge is 0.233 e. The second-order valence-electron chi connectivity index (χ2n) is 6.65. The number of nitrogens with zero attached hydrogens (tertiary/aromatic N) is 2. The van der Waals surface area contributed by atoms with Crippen LogP contribution in [0.1, 0.15) is 29.0 Å². The van der Waals surface area contributed by atoms with Gasteiger partial charge in [-0.15, -0.1) is 17.9 Å². The first-order valence-electron chi connectivity index (χ1n) is 9.13. The molecule has 27 heavy (non-hydrogen) atoms. The maximum absolute atomic E-state index is 13.0. The summed E-state index contributed by atoms with van der Waals surface area (Å²) in [5, 5.41) is 1.23. The molecule has 1 aromatic carbocycles. The molecule has 2 aliphatic rings. The van der Waals surface area contributed by atoms with E-state index in [1.54, 1.807) is 28.4 Å². The number of hydrogen-bond acceptors (Lipinski definition) is 5. The minimum Gasteiger partial charge on any atom is -0.486 e. The van der Waals surface area contributed by atoms with Crippen molar-refractivity contribution >= 4 is 34.0 Å². The van der Waals surface area contributed by atoms with Crippen molar-refractivity contribution in [3.63, 3.8) is 0 Å². The standard InChI is InChI=1S/C20H21ClN2O3S/c1-2-7-23(20-22-15-5-3-4-6-17(15)27-20)18(24)12-13-10-14(21)19-16(11-13)25-8-9-26-19/h2,10-11H,1,3-9,12H2. The van der Waals surface area contributed by atoms with Crippen LogP contribution in [0, 0.1) is 0 Å². The Labute approximate surface area is 167 Å². The van der Waals surface area contributed by atoms with E-state index in [2.05, 4.69) is 6.58 Å². The third-order valence-corrected chi connectivity index (χ3v) is 6.15. The monoisotopic (exact) mass is 404 g/mol. The number of benzene rings is 1. The zero-order chi connectivity index (χ0) is 18.8. The number of carbonyl (C=O) groups is 1. The molecule has 1 aromatic heterocycles. The van der Waals surface area contributed by atoms with E-state index < -0.39 is 0 Å². The van der Waals surface area contributed by atoms with Crippen LogP contribution in [0.15, 0.2) is 24.8 Å². The Morgan fingerprint density at radius 1 is 1.30 bits per heavy atom. The molecule has 0 saturated heterocycles. The summed E-state index contributed by atoms with van der Waals surface area (Å²) in [6.45, 7) is 5.19. The molecule has 0 radical (unpaired) electrons. The van der Waals surface area contributed by atoms with E-state index in [1.165, 1.54) is 17.7 Å². The maximum Gasteiger partial charge on any atom is 0.233 e. The molecule has 0 saturated carbocycles. The van der Waals surface area contributed by atoms with E-state index in [-0.39, 0.29) is 12.3 Å². The number of rotatable bonds is 5. The lowest BCUT2D eigenvalue weighted by Crippen LogP contribution is -2.32. The highest BCUT2D eigenvalue weighted by Crippen LogP contribution is 2.39. The van der Waals surface area contributed by atoms with Crippen molar-refractivity contribution in [3.8, 4) is 11.5 Å². The van der Waals surface area contributed by atoms with E-state index in [4.69, 9.17) is 26.1 Å². The van der Waals surface area contributed by atoms with E-state index in [1.807, 2.05) is 6.07 Å². The summed E-state index contributed by atoms with van der Waals surface area (Å²) in [5.41, 5.74) is 1.94. The maximum atomic E-state index is 13.0. The molecule has 0 spiro atoms. The predicted molar refractivity (Wildman–Crippen MR) is 107 cm³/mol. The molecule has 7 heteroatoms. The number of hydrogen-bond donors (Lipinski definition) is 0. The van der Waals surface area contributed by atoms with Crippen molar-refractivity contribution in [2.24, 2.45) is 0 Å². The summed E-state index contributed by atoms with van der Waals surface area (Å²) in [4.78, 5) is 20.8. The zero-order valence-corrected chi connectivity index (χ0v) is 16.6. The van der Waals surface area contributed by atoms with Crippen LogP contribution >= 0.6 is 22.9 Å². The molecule has 0 N–H and O–H groups in total. The summed E-state index contributed by atoms with van der Waals surface area (Å²) < 4.78 is 11.2. The van der Waals surface area contributed by atoms with Crippen molar-refractivity contribution in [2.75, 3.05) is 24.7 Å². The number of carbonyl (C=O) groups excluding carboxylic acids is 1. The first kappa shape index (κ1) is 18.3. The van der Waals surface area contributed by atoms with Gasteiger partial charge in [0.15, 0.2) is 16.6 Å². The summed E-state index contributed by atoms with van der Waals surface area (Å²) in [6.07, 6.45) is 6.37. The number of aromatic nitrogens is 1. The fourth-order valence-electron chi connectivity index (χ4n) is 3.41. The van der Waals surface area contributed by atoms with Gasteiger partial charge in [0, 0.05) is 11.4 Å². The van der Waals surface area contributed by atoms with Gasteiger partial charge < -0.3 is 9.47 Å². The van der Waals surface area contributed by atoms with Crippen molar-refractivity contribution in [2.45, 2.75) is 32.1 Å². The van der Waals surface area contributed by atoms with Crippen LogP contribution in [0.5, 0.6) is 11.5 Å². The zero-order valence-electron chi connectivity index (χ0n) is 15.0. The van der Waals surface area contributed by atoms with Crippen LogP contribution in [0.2, 0.25) is 5.02 Å². The minimum atomic E-state index is -0.0336. The first-order valence-corrected chi connectivity index (χ1v) is 10.3. The number of anilines is 1. The molecule has 0 fully saturated rings. The van der Waals surface area contributed by atoms with E-state index in [0.29, 0.717) is 36.3 Å². The number of ether oxygens (including phenoxy) is 2. The Bertz CT molecular complexity index is 857. The molecule has 0 unspecified atom stereocenters. The highest BCUT2D eigenvalue weighted by Gasteiger charge is 2.24. The SMILES string of the molecule is C=CCN(C(=O)Cc1cc(Cl)c2c(c1)OCCO2)c1nc2c(s1)CCCC2. The molecule has 2 heterocycles. The fourth-order valence-corrected chi connectivity index (χ4v) is 4.87. The molecule has 1 aliphatic carbocycles. The lowest BCUT2D eigenvalue weighted by Gasteiger charge is -2.21. The Kier molecular flexibility index (Phi) is 5.36. The Morgan fingerprint density at radius 3 is 2.93 bits per heavy atom. The van der Waals surface area contributed by atoms with E-state index in [9.17, 15) is 4.79 Å². The van der Waals surface area contributed by atoms with E-state index >= 15 is 0 Å². The second-order valence-corrected chi connectivity index (χ2v) is 8.11. The molecule has 2 aromatic rings. The third-order valence-electron chi connectivity index (χ3n) is 4.69. The average molecular weight is 405 g/mol. The molecular weight excluding hydrogens is 384 g/mol. The van der Waals surface area contributed by atoms with Crippen molar-refractivity contribution < 1.29 is 14.3 Å². The molecule has 4 rings (SSSR count). The van der Waals surface area contributed by atoms with Gasteiger partial charge in [0.25, 0.3) is 0 Å². The van der Waals surface area contributed by atoms with Gasteiger partial charge in [-0.25, -0.2) is 4.98 Å². The lowest BCUT2D eigenvalue weighted by atomic mass is 10.0. The van der Waals surface area contributed by atoms with Crippen molar-refractivity contribution in [3.05, 3.63) is 45.9 Å². The quantitative estimate of drug-likeness (QED) is 0.700. The van der Waals surface area contributed by atoms with Crippen LogP contribution in [-0.4, -0.2) is 30.6 Å². The molecule has 142 valence electrons. The second kappa shape index (κ2) is 7.90. The summed E-state index contributed by atoms with van der Waals surface area (Å²) >= 11 is 7.92. The van der Waals surface area contributed by atoms with Crippen LogP contribution in [0.25, 0.3) is 0 Å². The normalized spacial score (nSPS) is 15.1. The first-order chi connectivity index (χ1) is 13.2. The molecule has 1 aliphatic heterocycles. The van der Waals surface area contributed by atoms with Gasteiger partial charge in [-0.1, -0.05) is 17.7 Å². The number of aryl methyl sites for hydroxylation is 2. The number of amides is 1. The highest BCUT2D eigenvalue weighted by atomic mass is 35.5. The van der Waals surface area contributed by atoms with Gasteiger partial charge in [-0.3, -0.25) is 9.69 Å². The Hall–Kier alpha value is -2.05.